The molecule has 0 aliphatic carbocycles. The summed E-state index contributed by atoms with van der Waals surface area (Å²) in [5.74, 6) is -0.186. The van der Waals surface area contributed by atoms with Crippen LogP contribution in [0.1, 0.15) is 25.0 Å². The highest BCUT2D eigenvalue weighted by Crippen LogP contribution is 2.25. The molecule has 0 bridgehead atoms. The summed E-state index contributed by atoms with van der Waals surface area (Å²) >= 11 is 0. The maximum atomic E-state index is 12.8. The van der Waals surface area contributed by atoms with Crippen molar-refractivity contribution in [2.75, 3.05) is 6.54 Å². The minimum Gasteiger partial charge on any atom is -0.330 e. The minimum atomic E-state index is -0.186. The number of aryl methyl sites for hydroxylation is 1. The van der Waals surface area contributed by atoms with E-state index in [1.54, 1.807) is 6.07 Å². The van der Waals surface area contributed by atoms with E-state index in [4.69, 9.17) is 5.73 Å². The molecule has 1 aromatic carbocycles. The van der Waals surface area contributed by atoms with Gasteiger partial charge in [0.25, 0.3) is 0 Å². The lowest BCUT2D eigenvalue weighted by atomic mass is 9.82. The lowest BCUT2D eigenvalue weighted by Gasteiger charge is -2.25. The third kappa shape index (κ3) is 2.07. The first kappa shape index (κ1) is 10.2. The molecule has 0 amide bonds. The topological polar surface area (TPSA) is 26.0 Å². The molecular weight excluding hydrogens is 165 g/mol. The van der Waals surface area contributed by atoms with Gasteiger partial charge in [0, 0.05) is 12.0 Å². The Bertz CT molecular complexity index is 305. The van der Waals surface area contributed by atoms with E-state index in [-0.39, 0.29) is 11.2 Å². The van der Waals surface area contributed by atoms with Crippen LogP contribution in [0.4, 0.5) is 4.39 Å². The normalized spacial score (nSPS) is 11.8. The summed E-state index contributed by atoms with van der Waals surface area (Å²) in [6, 6.07) is 4.85. The second kappa shape index (κ2) is 3.46. The minimum absolute atomic E-state index is 0.0716. The van der Waals surface area contributed by atoms with Crippen LogP contribution in [0.2, 0.25) is 0 Å². The van der Waals surface area contributed by atoms with E-state index < -0.39 is 0 Å². The number of benzene rings is 1. The Morgan fingerprint density at radius 2 is 2.00 bits per heavy atom. The molecule has 0 saturated carbocycles. The summed E-state index contributed by atoms with van der Waals surface area (Å²) in [6.07, 6.45) is 0. The van der Waals surface area contributed by atoms with Crippen LogP contribution in [-0.4, -0.2) is 6.54 Å². The molecule has 13 heavy (non-hydrogen) atoms. The van der Waals surface area contributed by atoms with E-state index >= 15 is 0 Å². The Morgan fingerprint density at radius 1 is 1.38 bits per heavy atom. The Kier molecular flexibility index (Phi) is 2.71. The lowest BCUT2D eigenvalue weighted by molar-refractivity contribution is 0.532. The molecule has 0 aliphatic heterocycles. The highest BCUT2D eigenvalue weighted by Gasteiger charge is 2.20. The van der Waals surface area contributed by atoms with Crippen LogP contribution in [0.5, 0.6) is 0 Å². The van der Waals surface area contributed by atoms with Crippen LogP contribution in [0, 0.1) is 12.7 Å². The fourth-order valence-electron chi connectivity index (χ4n) is 1.50. The zero-order valence-corrected chi connectivity index (χ0v) is 8.39. The molecule has 0 fully saturated rings. The largest absolute Gasteiger partial charge is 0.330 e. The molecule has 2 heteroatoms. The third-order valence-corrected chi connectivity index (χ3v) is 2.43. The van der Waals surface area contributed by atoms with E-state index in [0.29, 0.717) is 6.54 Å². The highest BCUT2D eigenvalue weighted by atomic mass is 19.1. The summed E-state index contributed by atoms with van der Waals surface area (Å²) in [5.41, 5.74) is 7.67. The van der Waals surface area contributed by atoms with E-state index in [0.717, 1.165) is 11.1 Å². The zero-order chi connectivity index (χ0) is 10.1. The van der Waals surface area contributed by atoms with E-state index in [9.17, 15) is 4.39 Å². The Hall–Kier alpha value is -0.890. The molecule has 0 heterocycles. The molecule has 1 aromatic rings. The number of rotatable bonds is 2. The van der Waals surface area contributed by atoms with Gasteiger partial charge in [-0.1, -0.05) is 19.9 Å². The number of nitrogens with two attached hydrogens (primary N) is 1. The van der Waals surface area contributed by atoms with Crippen molar-refractivity contribution >= 4 is 0 Å². The van der Waals surface area contributed by atoms with Gasteiger partial charge in [0.1, 0.15) is 5.82 Å². The molecular formula is C11H16FN. The van der Waals surface area contributed by atoms with Gasteiger partial charge in [0.05, 0.1) is 0 Å². The van der Waals surface area contributed by atoms with Crippen molar-refractivity contribution in [2.45, 2.75) is 26.2 Å². The van der Waals surface area contributed by atoms with Gasteiger partial charge in [-0.15, -0.1) is 0 Å². The second-order valence-corrected chi connectivity index (χ2v) is 4.05. The maximum Gasteiger partial charge on any atom is 0.123 e. The van der Waals surface area contributed by atoms with Crippen LogP contribution in [0.25, 0.3) is 0 Å². The highest BCUT2D eigenvalue weighted by molar-refractivity contribution is 5.33. The molecule has 1 nitrogen and oxygen atoms in total. The molecule has 72 valence electrons. The first-order valence-electron chi connectivity index (χ1n) is 4.44. The Morgan fingerprint density at radius 3 is 2.46 bits per heavy atom. The van der Waals surface area contributed by atoms with Gasteiger partial charge in [0.15, 0.2) is 0 Å². The fraction of sp³-hybridized carbons (Fsp3) is 0.455. The molecule has 0 atom stereocenters. The summed E-state index contributed by atoms with van der Waals surface area (Å²) < 4.78 is 12.8. The van der Waals surface area contributed by atoms with Gasteiger partial charge in [-0.25, -0.2) is 4.39 Å². The summed E-state index contributed by atoms with van der Waals surface area (Å²) in [5, 5.41) is 0. The standard InChI is InChI=1S/C11H16FN/c1-8-6-9(12)4-5-10(8)11(2,3)7-13/h4-6H,7,13H2,1-3H3. The monoisotopic (exact) mass is 181 g/mol. The van der Waals surface area contributed by atoms with Crippen molar-refractivity contribution in [3.05, 3.63) is 35.1 Å². The van der Waals surface area contributed by atoms with E-state index in [1.165, 1.54) is 6.07 Å². The smallest absolute Gasteiger partial charge is 0.123 e. The van der Waals surface area contributed by atoms with Gasteiger partial charge in [-0.3, -0.25) is 0 Å². The van der Waals surface area contributed by atoms with Crippen LogP contribution < -0.4 is 5.73 Å². The molecule has 0 spiro atoms. The van der Waals surface area contributed by atoms with Gasteiger partial charge >= 0.3 is 0 Å². The number of hydrogen-bond donors (Lipinski definition) is 1. The molecule has 0 radical (unpaired) electrons. The summed E-state index contributed by atoms with van der Waals surface area (Å²) in [4.78, 5) is 0. The predicted octanol–water partition coefficient (Wildman–Crippen LogP) is 2.37. The predicted molar refractivity (Wildman–Crippen MR) is 53.2 cm³/mol. The van der Waals surface area contributed by atoms with Crippen LogP contribution in [-0.2, 0) is 5.41 Å². The zero-order valence-electron chi connectivity index (χ0n) is 8.39. The SMILES string of the molecule is Cc1cc(F)ccc1C(C)(C)CN. The van der Waals surface area contributed by atoms with Crippen molar-refractivity contribution in [2.24, 2.45) is 5.73 Å². The number of hydrogen-bond acceptors (Lipinski definition) is 1. The van der Waals surface area contributed by atoms with Gasteiger partial charge in [-0.2, -0.15) is 0 Å². The quantitative estimate of drug-likeness (QED) is 0.744. The van der Waals surface area contributed by atoms with Gasteiger partial charge in [0.2, 0.25) is 0 Å². The first-order valence-corrected chi connectivity index (χ1v) is 4.44. The Balaban J connectivity index is 3.16. The molecule has 0 saturated heterocycles. The lowest BCUT2D eigenvalue weighted by Crippen LogP contribution is -2.28. The van der Waals surface area contributed by atoms with Crippen molar-refractivity contribution in [3.63, 3.8) is 0 Å². The third-order valence-electron chi connectivity index (χ3n) is 2.43. The number of halogens is 1. The maximum absolute atomic E-state index is 12.8. The van der Waals surface area contributed by atoms with Crippen molar-refractivity contribution in [3.8, 4) is 0 Å². The molecule has 0 aromatic heterocycles. The Labute approximate surface area is 78.8 Å². The molecule has 0 unspecified atom stereocenters. The average Bonchev–Trinajstić information content (AvgIpc) is 2.03. The van der Waals surface area contributed by atoms with Crippen LogP contribution in [0.3, 0.4) is 0 Å². The molecule has 2 N–H and O–H groups in total. The molecule has 1 rings (SSSR count). The van der Waals surface area contributed by atoms with Crippen LogP contribution in [0.15, 0.2) is 18.2 Å². The average molecular weight is 181 g/mol. The van der Waals surface area contributed by atoms with Gasteiger partial charge < -0.3 is 5.73 Å². The second-order valence-electron chi connectivity index (χ2n) is 4.05. The summed E-state index contributed by atoms with van der Waals surface area (Å²) in [7, 11) is 0. The van der Waals surface area contributed by atoms with Crippen LogP contribution >= 0.6 is 0 Å². The first-order chi connectivity index (χ1) is 5.97. The van der Waals surface area contributed by atoms with E-state index in [2.05, 4.69) is 13.8 Å². The fourth-order valence-corrected chi connectivity index (χ4v) is 1.50. The van der Waals surface area contributed by atoms with E-state index in [1.807, 2.05) is 13.0 Å². The van der Waals surface area contributed by atoms with Crippen molar-refractivity contribution in [1.82, 2.24) is 0 Å². The van der Waals surface area contributed by atoms with Crippen molar-refractivity contribution < 1.29 is 4.39 Å². The van der Waals surface area contributed by atoms with Gasteiger partial charge in [-0.05, 0) is 30.2 Å². The summed E-state index contributed by atoms with van der Waals surface area (Å²) in [6.45, 7) is 6.61. The molecule has 0 aliphatic rings. The van der Waals surface area contributed by atoms with Crippen molar-refractivity contribution in [1.29, 1.82) is 0 Å².